The van der Waals surface area contributed by atoms with Crippen LogP contribution in [0.5, 0.6) is 0 Å². The van der Waals surface area contributed by atoms with Gasteiger partial charge in [-0.15, -0.1) is 0 Å². The molecule has 3 nitrogen and oxygen atoms in total. The van der Waals surface area contributed by atoms with Crippen LogP contribution in [0.15, 0.2) is 36.4 Å². The minimum atomic E-state index is -2.61. The van der Waals surface area contributed by atoms with E-state index in [4.69, 9.17) is 0 Å². The number of hydrogen-bond donors (Lipinski definition) is 1. The number of hydrogen-bond acceptors (Lipinski definition) is 2. The van der Waals surface area contributed by atoms with E-state index in [1.54, 1.807) is 0 Å². The predicted octanol–water partition coefficient (Wildman–Crippen LogP) is 7.16. The van der Waals surface area contributed by atoms with E-state index in [1.807, 2.05) is 38.1 Å². The van der Waals surface area contributed by atoms with Crippen LogP contribution in [-0.4, -0.2) is 35.7 Å². The average molecular weight is 489 g/mol. The van der Waals surface area contributed by atoms with Gasteiger partial charge in [-0.05, 0) is 67.3 Å². The summed E-state index contributed by atoms with van der Waals surface area (Å²) in [7, 11) is 0. The van der Waals surface area contributed by atoms with E-state index < -0.39 is 30.6 Å². The highest BCUT2D eigenvalue weighted by atomic mass is 19.3. The lowest BCUT2D eigenvalue weighted by Gasteiger charge is -2.36. The van der Waals surface area contributed by atoms with E-state index in [0.717, 1.165) is 22.8 Å². The summed E-state index contributed by atoms with van der Waals surface area (Å²) in [6, 6.07) is 9.36. The topological polar surface area (TPSA) is 36.1 Å². The molecule has 35 heavy (non-hydrogen) atoms. The number of carbonyl (C=O) groups excluding carboxylic acids is 1. The Balaban J connectivity index is 0.00000141. The minimum absolute atomic E-state index is 0.00795. The molecule has 0 amide bonds. The van der Waals surface area contributed by atoms with Crippen molar-refractivity contribution in [2.75, 3.05) is 13.1 Å². The molecule has 2 aromatic carbocycles. The summed E-state index contributed by atoms with van der Waals surface area (Å²) in [6.07, 6.45) is 1.70. The maximum Gasteiger partial charge on any atom is 0.251 e. The number of fused-ring (bicyclic) bond motifs is 3. The number of halogens is 4. The Morgan fingerprint density at radius 3 is 2.34 bits per heavy atom. The molecular formula is C28H32F4N2O. The summed E-state index contributed by atoms with van der Waals surface area (Å²) < 4.78 is 57.8. The van der Waals surface area contributed by atoms with Gasteiger partial charge in [-0.1, -0.05) is 32.0 Å². The van der Waals surface area contributed by atoms with Crippen molar-refractivity contribution in [3.05, 3.63) is 70.4 Å². The maximum atomic E-state index is 15.5. The molecule has 2 heterocycles. The van der Waals surface area contributed by atoms with Gasteiger partial charge in [0, 0.05) is 34.6 Å². The number of nitrogens with zero attached hydrogens (tertiary/aromatic N) is 1. The number of nitrogens with one attached hydrogen (secondary N) is 1. The smallest absolute Gasteiger partial charge is 0.251 e. The Bertz CT molecular complexity index is 1140. The average Bonchev–Trinajstić information content (AvgIpc) is 3.24. The molecule has 5 rings (SSSR count). The fraction of sp³-hybridized carbons (Fsp3) is 0.464. The van der Waals surface area contributed by atoms with E-state index in [0.29, 0.717) is 49.9 Å². The molecule has 1 aromatic heterocycles. The third-order valence-electron chi connectivity index (χ3n) is 7.32. The molecule has 1 fully saturated rings. The van der Waals surface area contributed by atoms with Crippen molar-refractivity contribution in [2.45, 2.75) is 64.3 Å². The number of carbonyl (C=O) groups is 1. The standard InChI is InChI=1S/C26H26F4N2O.C2H6/c27-20-11-17(16-7-5-15(14-33)6-8-16)12-21(28)24(20)26-25-19(9-10-32(26)13-23(29)30)18-3-1-2-4-22(18)31-25;1-2/h1-4,11-12,14-16,23,26,31H,5-10,13H2;1-2H3. The third kappa shape index (κ3) is 5.01. The number of aromatic nitrogens is 1. The monoisotopic (exact) mass is 488 g/mol. The molecule has 0 bridgehead atoms. The van der Waals surface area contributed by atoms with Crippen molar-refractivity contribution in [3.8, 4) is 0 Å². The number of alkyl halides is 2. The second kappa shape index (κ2) is 10.9. The fourth-order valence-electron chi connectivity index (χ4n) is 5.68. The van der Waals surface area contributed by atoms with Gasteiger partial charge in [0.1, 0.15) is 17.9 Å². The van der Waals surface area contributed by atoms with Gasteiger partial charge in [0.2, 0.25) is 0 Å². The van der Waals surface area contributed by atoms with Crippen molar-refractivity contribution in [1.82, 2.24) is 9.88 Å². The molecule has 3 aromatic rings. The van der Waals surface area contributed by atoms with Crippen molar-refractivity contribution in [3.63, 3.8) is 0 Å². The van der Waals surface area contributed by atoms with Crippen LogP contribution in [0.4, 0.5) is 17.6 Å². The number of benzene rings is 2. The van der Waals surface area contributed by atoms with Gasteiger partial charge in [-0.25, -0.2) is 17.6 Å². The first-order valence-corrected chi connectivity index (χ1v) is 12.5. The highest BCUT2D eigenvalue weighted by Crippen LogP contribution is 2.42. The number of aromatic amines is 1. The van der Waals surface area contributed by atoms with E-state index in [9.17, 15) is 13.6 Å². The number of rotatable bonds is 5. The van der Waals surface area contributed by atoms with Gasteiger partial charge in [0.25, 0.3) is 6.43 Å². The van der Waals surface area contributed by atoms with Crippen molar-refractivity contribution < 1.29 is 22.4 Å². The quantitative estimate of drug-likeness (QED) is 0.306. The first-order valence-electron chi connectivity index (χ1n) is 12.5. The van der Waals surface area contributed by atoms with E-state index in [-0.39, 0.29) is 17.4 Å². The Morgan fingerprint density at radius 1 is 1.06 bits per heavy atom. The molecule has 0 radical (unpaired) electrons. The van der Waals surface area contributed by atoms with Gasteiger partial charge < -0.3 is 9.78 Å². The first kappa shape index (κ1) is 25.4. The van der Waals surface area contributed by atoms with Crippen LogP contribution in [0.25, 0.3) is 10.9 Å². The summed E-state index contributed by atoms with van der Waals surface area (Å²) in [6.45, 7) is 3.73. The molecule has 0 saturated heterocycles. The van der Waals surface area contributed by atoms with Crippen LogP contribution in [0.3, 0.4) is 0 Å². The molecule has 188 valence electrons. The molecule has 2 aliphatic rings. The van der Waals surface area contributed by atoms with Crippen molar-refractivity contribution >= 4 is 17.2 Å². The van der Waals surface area contributed by atoms with Crippen molar-refractivity contribution in [2.24, 2.45) is 5.92 Å². The Kier molecular flexibility index (Phi) is 7.95. The van der Waals surface area contributed by atoms with Gasteiger partial charge in [0.15, 0.2) is 0 Å². The van der Waals surface area contributed by atoms with Crippen LogP contribution in [0, 0.1) is 17.6 Å². The molecule has 1 aliphatic heterocycles. The highest BCUT2D eigenvalue weighted by molar-refractivity contribution is 5.85. The summed E-state index contributed by atoms with van der Waals surface area (Å²) >= 11 is 0. The van der Waals surface area contributed by atoms with Crippen molar-refractivity contribution in [1.29, 1.82) is 0 Å². The Morgan fingerprint density at radius 2 is 1.71 bits per heavy atom. The summed E-state index contributed by atoms with van der Waals surface area (Å²) in [5, 5.41) is 0.957. The molecular weight excluding hydrogens is 456 g/mol. The second-order valence-corrected chi connectivity index (χ2v) is 9.25. The zero-order valence-corrected chi connectivity index (χ0v) is 20.2. The molecule has 7 heteroatoms. The number of aldehydes is 1. The minimum Gasteiger partial charge on any atom is -0.357 e. The first-order chi connectivity index (χ1) is 17.0. The number of H-pyrrole nitrogens is 1. The SMILES string of the molecule is CC.O=CC1CCC(c2cc(F)c(C3c4[nH]c5ccccc5c4CCN3CC(F)F)c(F)c2)CC1. The zero-order valence-electron chi connectivity index (χ0n) is 20.2. The van der Waals surface area contributed by atoms with Gasteiger partial charge in [-0.2, -0.15) is 0 Å². The second-order valence-electron chi connectivity index (χ2n) is 9.25. The molecule has 1 N–H and O–H groups in total. The van der Waals surface area contributed by atoms with Crippen LogP contribution >= 0.6 is 0 Å². The summed E-state index contributed by atoms with van der Waals surface area (Å²) in [5.74, 6) is -1.41. The van der Waals surface area contributed by atoms with Gasteiger partial charge >= 0.3 is 0 Å². The molecule has 1 aliphatic carbocycles. The van der Waals surface area contributed by atoms with Crippen LogP contribution in [0.1, 0.15) is 73.9 Å². The van der Waals surface area contributed by atoms with E-state index in [2.05, 4.69) is 4.98 Å². The van der Waals surface area contributed by atoms with Crippen LogP contribution < -0.4 is 0 Å². The maximum absolute atomic E-state index is 15.5. The molecule has 0 spiro atoms. The molecule has 1 atom stereocenters. The van der Waals surface area contributed by atoms with Gasteiger partial charge in [0.05, 0.1) is 12.6 Å². The lowest BCUT2D eigenvalue weighted by atomic mass is 9.78. The van der Waals surface area contributed by atoms with E-state index in [1.165, 1.54) is 17.0 Å². The van der Waals surface area contributed by atoms with E-state index >= 15 is 8.78 Å². The predicted molar refractivity (Wildman–Crippen MR) is 130 cm³/mol. The largest absolute Gasteiger partial charge is 0.357 e. The summed E-state index contributed by atoms with van der Waals surface area (Å²) in [4.78, 5) is 15.8. The lowest BCUT2D eigenvalue weighted by Crippen LogP contribution is -2.40. The number of para-hydroxylation sites is 1. The van der Waals surface area contributed by atoms with Crippen LogP contribution in [-0.2, 0) is 11.2 Å². The van der Waals surface area contributed by atoms with Gasteiger partial charge in [-0.3, -0.25) is 4.90 Å². The summed E-state index contributed by atoms with van der Waals surface area (Å²) in [5.41, 5.74) is 2.73. The lowest BCUT2D eigenvalue weighted by molar-refractivity contribution is -0.111. The highest BCUT2D eigenvalue weighted by Gasteiger charge is 2.37. The third-order valence-corrected chi connectivity index (χ3v) is 7.32. The Hall–Kier alpha value is -2.67. The Labute approximate surface area is 203 Å². The normalized spacial score (nSPS) is 22.5. The molecule has 1 saturated carbocycles. The fourth-order valence-corrected chi connectivity index (χ4v) is 5.68. The zero-order chi connectivity index (χ0) is 25.1. The molecule has 1 unspecified atom stereocenters. The van der Waals surface area contributed by atoms with Crippen LogP contribution in [0.2, 0.25) is 0 Å².